The third kappa shape index (κ3) is 3.36. The van der Waals surface area contributed by atoms with Gasteiger partial charge in [-0.15, -0.1) is 0 Å². The number of aromatic carboxylic acids is 1. The van der Waals surface area contributed by atoms with Crippen molar-refractivity contribution in [1.29, 1.82) is 0 Å². The summed E-state index contributed by atoms with van der Waals surface area (Å²) in [4.78, 5) is 35.1. The SMILES string of the molecule is O=C(O)c1c(CN2CCCCCC2=O)cccc1[N+](=O)[O-]. The van der Waals surface area contributed by atoms with Gasteiger partial charge in [-0.25, -0.2) is 4.79 Å². The highest BCUT2D eigenvalue weighted by molar-refractivity contribution is 5.94. The van der Waals surface area contributed by atoms with Gasteiger partial charge in [0.05, 0.1) is 4.92 Å². The molecule has 7 nitrogen and oxygen atoms in total. The smallest absolute Gasteiger partial charge is 0.343 e. The highest BCUT2D eigenvalue weighted by Gasteiger charge is 2.26. The Morgan fingerprint density at radius 3 is 2.76 bits per heavy atom. The third-order valence-corrected chi connectivity index (χ3v) is 3.57. The molecule has 1 heterocycles. The molecule has 7 heteroatoms. The highest BCUT2D eigenvalue weighted by atomic mass is 16.6. The Kier molecular flexibility index (Phi) is 4.52. The summed E-state index contributed by atoms with van der Waals surface area (Å²) < 4.78 is 0. The van der Waals surface area contributed by atoms with Crippen LogP contribution < -0.4 is 0 Å². The molecule has 21 heavy (non-hydrogen) atoms. The maximum atomic E-state index is 12.0. The van der Waals surface area contributed by atoms with E-state index in [9.17, 15) is 24.8 Å². The number of carbonyl (C=O) groups is 2. The minimum atomic E-state index is -1.35. The molecule has 2 rings (SSSR count). The summed E-state index contributed by atoms with van der Waals surface area (Å²) in [5.74, 6) is -1.38. The van der Waals surface area contributed by atoms with E-state index in [1.807, 2.05) is 0 Å². The van der Waals surface area contributed by atoms with Crippen molar-refractivity contribution in [3.05, 3.63) is 39.4 Å². The van der Waals surface area contributed by atoms with Gasteiger partial charge in [0.15, 0.2) is 0 Å². The molecule has 0 spiro atoms. The van der Waals surface area contributed by atoms with Gasteiger partial charge in [0.2, 0.25) is 5.91 Å². The Morgan fingerprint density at radius 2 is 2.10 bits per heavy atom. The number of carboxylic acid groups (broad SMARTS) is 1. The fourth-order valence-electron chi connectivity index (χ4n) is 2.53. The van der Waals surface area contributed by atoms with Crippen LogP contribution in [0.3, 0.4) is 0 Å². The van der Waals surface area contributed by atoms with Gasteiger partial charge in [-0.05, 0) is 18.4 Å². The third-order valence-electron chi connectivity index (χ3n) is 3.57. The van der Waals surface area contributed by atoms with Crippen molar-refractivity contribution in [2.24, 2.45) is 0 Å². The number of nitro groups is 1. The zero-order valence-electron chi connectivity index (χ0n) is 11.4. The van der Waals surface area contributed by atoms with E-state index in [1.165, 1.54) is 12.1 Å². The predicted molar refractivity (Wildman–Crippen MR) is 73.9 cm³/mol. The first-order valence-electron chi connectivity index (χ1n) is 6.78. The van der Waals surface area contributed by atoms with Gasteiger partial charge >= 0.3 is 5.97 Å². The molecule has 0 atom stereocenters. The van der Waals surface area contributed by atoms with Crippen LogP contribution in [0.2, 0.25) is 0 Å². The summed E-state index contributed by atoms with van der Waals surface area (Å²) in [6.07, 6.45) is 3.10. The maximum absolute atomic E-state index is 12.0. The molecule has 1 amide bonds. The van der Waals surface area contributed by atoms with Crippen LogP contribution in [0.4, 0.5) is 5.69 Å². The van der Waals surface area contributed by atoms with Gasteiger partial charge in [-0.1, -0.05) is 18.6 Å². The number of amides is 1. The molecule has 0 radical (unpaired) electrons. The maximum Gasteiger partial charge on any atom is 0.343 e. The molecule has 1 aromatic carbocycles. The van der Waals surface area contributed by atoms with Crippen molar-refractivity contribution in [3.8, 4) is 0 Å². The zero-order valence-corrected chi connectivity index (χ0v) is 11.4. The van der Waals surface area contributed by atoms with Crippen molar-refractivity contribution >= 4 is 17.6 Å². The molecule has 0 unspecified atom stereocenters. The molecule has 1 aliphatic heterocycles. The second kappa shape index (κ2) is 6.34. The second-order valence-electron chi connectivity index (χ2n) is 5.00. The lowest BCUT2D eigenvalue weighted by atomic mass is 10.0. The molecule has 0 bridgehead atoms. The Balaban J connectivity index is 2.34. The topological polar surface area (TPSA) is 101 Å². The normalized spacial score (nSPS) is 15.6. The van der Waals surface area contributed by atoms with Gasteiger partial charge in [-0.3, -0.25) is 14.9 Å². The number of nitrogens with zero attached hydrogens (tertiary/aromatic N) is 2. The van der Waals surface area contributed by atoms with Crippen molar-refractivity contribution in [1.82, 2.24) is 4.90 Å². The fourth-order valence-corrected chi connectivity index (χ4v) is 2.53. The van der Waals surface area contributed by atoms with Crippen molar-refractivity contribution < 1.29 is 19.6 Å². The lowest BCUT2D eigenvalue weighted by molar-refractivity contribution is -0.385. The summed E-state index contributed by atoms with van der Waals surface area (Å²) in [7, 11) is 0. The largest absolute Gasteiger partial charge is 0.477 e. The van der Waals surface area contributed by atoms with E-state index in [0.29, 0.717) is 18.5 Å². The zero-order chi connectivity index (χ0) is 15.4. The first-order chi connectivity index (χ1) is 10.0. The van der Waals surface area contributed by atoms with E-state index in [4.69, 9.17) is 0 Å². The second-order valence-corrected chi connectivity index (χ2v) is 5.00. The number of carboxylic acids is 1. The standard InChI is InChI=1S/C14H16N2O5/c17-12-7-2-1-3-8-15(12)9-10-5-4-6-11(16(20)21)13(10)14(18)19/h4-6H,1-3,7-9H2,(H,18,19). The van der Waals surface area contributed by atoms with Crippen LogP contribution in [-0.2, 0) is 11.3 Å². The number of likely N-dealkylation sites (tertiary alicyclic amines) is 1. The predicted octanol–water partition coefficient (Wildman–Crippen LogP) is 2.20. The van der Waals surface area contributed by atoms with Crippen molar-refractivity contribution in [2.45, 2.75) is 32.2 Å². The molecular formula is C14H16N2O5. The highest BCUT2D eigenvalue weighted by Crippen LogP contribution is 2.24. The Morgan fingerprint density at radius 1 is 1.33 bits per heavy atom. The van der Waals surface area contributed by atoms with Crippen LogP contribution in [0.25, 0.3) is 0 Å². The number of carbonyl (C=O) groups excluding carboxylic acids is 1. The molecule has 1 saturated heterocycles. The van der Waals surface area contributed by atoms with Gasteiger partial charge in [0.25, 0.3) is 5.69 Å². The summed E-state index contributed by atoms with van der Waals surface area (Å²) >= 11 is 0. The lowest BCUT2D eigenvalue weighted by Crippen LogP contribution is -2.30. The first-order valence-corrected chi connectivity index (χ1v) is 6.78. The molecular weight excluding hydrogens is 276 g/mol. The summed E-state index contributed by atoms with van der Waals surface area (Å²) in [5, 5.41) is 20.2. The number of hydrogen-bond acceptors (Lipinski definition) is 4. The van der Waals surface area contributed by atoms with Crippen LogP contribution in [0.5, 0.6) is 0 Å². The summed E-state index contributed by atoms with van der Waals surface area (Å²) in [6.45, 7) is 0.655. The number of nitro benzene ring substituents is 1. The van der Waals surface area contributed by atoms with Crippen LogP contribution in [0.1, 0.15) is 41.6 Å². The van der Waals surface area contributed by atoms with E-state index >= 15 is 0 Å². The van der Waals surface area contributed by atoms with Gasteiger partial charge in [0, 0.05) is 25.6 Å². The Bertz CT molecular complexity index is 585. The summed E-state index contributed by atoms with van der Waals surface area (Å²) in [5.41, 5.74) is -0.478. The number of rotatable bonds is 4. The lowest BCUT2D eigenvalue weighted by Gasteiger charge is -2.21. The molecule has 0 aromatic heterocycles. The monoisotopic (exact) mass is 292 g/mol. The van der Waals surface area contributed by atoms with E-state index in [1.54, 1.807) is 4.90 Å². The van der Waals surface area contributed by atoms with E-state index in [0.717, 1.165) is 25.3 Å². The molecule has 1 aromatic rings. The molecule has 1 N–H and O–H groups in total. The Hall–Kier alpha value is -2.44. The molecule has 1 aliphatic rings. The average Bonchev–Trinajstić information content (AvgIpc) is 2.63. The van der Waals surface area contributed by atoms with Crippen LogP contribution in [-0.4, -0.2) is 33.4 Å². The first kappa shape index (κ1) is 15.0. The molecule has 0 saturated carbocycles. The molecule has 112 valence electrons. The van der Waals surface area contributed by atoms with Crippen LogP contribution >= 0.6 is 0 Å². The van der Waals surface area contributed by atoms with Gasteiger partial charge in [-0.2, -0.15) is 0 Å². The Labute approximate surface area is 121 Å². The van der Waals surface area contributed by atoms with E-state index in [2.05, 4.69) is 0 Å². The van der Waals surface area contributed by atoms with Crippen molar-refractivity contribution in [3.63, 3.8) is 0 Å². The number of benzene rings is 1. The van der Waals surface area contributed by atoms with Gasteiger partial charge in [0.1, 0.15) is 5.56 Å². The molecule has 1 fully saturated rings. The minimum Gasteiger partial charge on any atom is -0.477 e. The average molecular weight is 292 g/mol. The summed E-state index contributed by atoms with van der Waals surface area (Å²) in [6, 6.07) is 4.13. The number of hydrogen-bond donors (Lipinski definition) is 1. The van der Waals surface area contributed by atoms with Crippen molar-refractivity contribution in [2.75, 3.05) is 6.54 Å². The molecule has 0 aliphatic carbocycles. The minimum absolute atomic E-state index is 0.0321. The quantitative estimate of drug-likeness (QED) is 0.677. The van der Waals surface area contributed by atoms with Gasteiger partial charge < -0.3 is 10.0 Å². The van der Waals surface area contributed by atoms with Crippen LogP contribution in [0.15, 0.2) is 18.2 Å². The fraction of sp³-hybridized carbons (Fsp3) is 0.429. The van der Waals surface area contributed by atoms with Crippen LogP contribution in [0, 0.1) is 10.1 Å². The van der Waals surface area contributed by atoms with E-state index in [-0.39, 0.29) is 18.0 Å². The van der Waals surface area contributed by atoms with E-state index < -0.39 is 16.6 Å².